The molecule has 0 aliphatic carbocycles. The summed E-state index contributed by atoms with van der Waals surface area (Å²) in [6.07, 6.45) is 1.43. The van der Waals surface area contributed by atoms with Gasteiger partial charge in [-0.3, -0.25) is 14.9 Å². The first-order valence-electron chi connectivity index (χ1n) is 8.07. The van der Waals surface area contributed by atoms with Gasteiger partial charge in [0.1, 0.15) is 5.57 Å². The quantitative estimate of drug-likeness (QED) is 0.513. The van der Waals surface area contributed by atoms with Gasteiger partial charge in [-0.15, -0.1) is 0 Å². The number of esters is 1. The molecule has 1 fully saturated rings. The number of carbonyl (C=O) groups is 4. The topological polar surface area (TPSA) is 92.8 Å². The van der Waals surface area contributed by atoms with Crippen LogP contribution >= 0.6 is 0 Å². The highest BCUT2D eigenvalue weighted by molar-refractivity contribution is 6.39. The van der Waals surface area contributed by atoms with Gasteiger partial charge in [0.05, 0.1) is 18.4 Å². The molecule has 7 nitrogen and oxygen atoms in total. The second kappa shape index (κ2) is 7.25. The second-order valence-electron chi connectivity index (χ2n) is 5.91. The summed E-state index contributed by atoms with van der Waals surface area (Å²) >= 11 is 0. The molecule has 1 saturated heterocycles. The van der Waals surface area contributed by atoms with E-state index in [1.807, 2.05) is 19.1 Å². The fourth-order valence-corrected chi connectivity index (χ4v) is 2.59. The van der Waals surface area contributed by atoms with Gasteiger partial charge < -0.3 is 4.74 Å². The van der Waals surface area contributed by atoms with Crippen molar-refractivity contribution in [3.8, 4) is 0 Å². The number of anilines is 1. The average Bonchev–Trinajstić information content (AvgIpc) is 2.66. The third-order valence-corrected chi connectivity index (χ3v) is 4.04. The lowest BCUT2D eigenvalue weighted by Gasteiger charge is -2.26. The Balaban J connectivity index is 1.95. The number of nitrogens with one attached hydrogen (secondary N) is 1. The molecule has 2 aromatic rings. The third kappa shape index (κ3) is 3.62. The van der Waals surface area contributed by atoms with Crippen LogP contribution in [0.1, 0.15) is 21.5 Å². The van der Waals surface area contributed by atoms with E-state index in [1.165, 1.54) is 37.5 Å². The van der Waals surface area contributed by atoms with Gasteiger partial charge in [0.15, 0.2) is 0 Å². The minimum Gasteiger partial charge on any atom is -0.465 e. The maximum atomic E-state index is 12.8. The summed E-state index contributed by atoms with van der Waals surface area (Å²) in [5.41, 5.74) is 2.05. The number of urea groups is 1. The number of hydrogen-bond acceptors (Lipinski definition) is 5. The normalized spacial score (nSPS) is 15.7. The molecule has 0 unspecified atom stereocenters. The van der Waals surface area contributed by atoms with E-state index in [1.54, 1.807) is 12.1 Å². The Bertz CT molecular complexity index is 959. The molecule has 0 atom stereocenters. The molecule has 136 valence electrons. The number of barbiturate groups is 1. The van der Waals surface area contributed by atoms with E-state index in [0.717, 1.165) is 10.5 Å². The Kier molecular flexibility index (Phi) is 4.85. The van der Waals surface area contributed by atoms with Gasteiger partial charge in [0.2, 0.25) is 0 Å². The first-order valence-corrected chi connectivity index (χ1v) is 8.07. The standard InChI is InChI=1S/C20H16N2O5/c1-12-3-5-13(6-4-12)11-16-17(23)21-20(26)22(18(16)24)15-9-7-14(8-10-15)19(25)27-2/h3-11H,1-2H3,(H,21,23,26)/b16-11+. The average molecular weight is 364 g/mol. The van der Waals surface area contributed by atoms with Crippen LogP contribution in [-0.2, 0) is 14.3 Å². The van der Waals surface area contributed by atoms with Gasteiger partial charge in [0, 0.05) is 0 Å². The SMILES string of the molecule is COC(=O)c1ccc(N2C(=O)NC(=O)/C(=C\c3ccc(C)cc3)C2=O)cc1. The molecular weight excluding hydrogens is 348 g/mol. The van der Waals surface area contributed by atoms with Gasteiger partial charge in [0.25, 0.3) is 11.8 Å². The summed E-state index contributed by atoms with van der Waals surface area (Å²) in [7, 11) is 1.26. The van der Waals surface area contributed by atoms with Crippen LogP contribution in [0.2, 0.25) is 0 Å². The molecule has 0 bridgehead atoms. The van der Waals surface area contributed by atoms with Crippen LogP contribution in [0.15, 0.2) is 54.1 Å². The predicted octanol–water partition coefficient (Wildman–Crippen LogP) is 2.45. The van der Waals surface area contributed by atoms with Crippen molar-refractivity contribution in [3.63, 3.8) is 0 Å². The Morgan fingerprint density at radius 2 is 1.63 bits per heavy atom. The number of ether oxygens (including phenoxy) is 1. The molecule has 1 heterocycles. The monoisotopic (exact) mass is 364 g/mol. The van der Waals surface area contributed by atoms with Crippen molar-refractivity contribution in [1.82, 2.24) is 5.32 Å². The number of imide groups is 2. The van der Waals surface area contributed by atoms with Crippen molar-refractivity contribution in [1.29, 1.82) is 0 Å². The van der Waals surface area contributed by atoms with E-state index in [4.69, 9.17) is 0 Å². The van der Waals surface area contributed by atoms with Crippen LogP contribution in [0.4, 0.5) is 10.5 Å². The number of hydrogen-bond donors (Lipinski definition) is 1. The Labute approximate surface area is 155 Å². The van der Waals surface area contributed by atoms with Crippen LogP contribution in [0.25, 0.3) is 6.08 Å². The summed E-state index contributed by atoms with van der Waals surface area (Å²) in [4.78, 5) is 49.5. The van der Waals surface area contributed by atoms with Crippen LogP contribution in [-0.4, -0.2) is 30.9 Å². The lowest BCUT2D eigenvalue weighted by molar-refractivity contribution is -0.122. The highest BCUT2D eigenvalue weighted by Crippen LogP contribution is 2.22. The summed E-state index contributed by atoms with van der Waals surface area (Å²) in [6.45, 7) is 1.92. The van der Waals surface area contributed by atoms with E-state index in [2.05, 4.69) is 10.1 Å². The van der Waals surface area contributed by atoms with Crippen molar-refractivity contribution >= 4 is 35.6 Å². The fourth-order valence-electron chi connectivity index (χ4n) is 2.59. The number of nitrogens with zero attached hydrogens (tertiary/aromatic N) is 1. The van der Waals surface area contributed by atoms with Crippen molar-refractivity contribution in [2.24, 2.45) is 0 Å². The smallest absolute Gasteiger partial charge is 0.337 e. The Morgan fingerprint density at radius 1 is 1.00 bits per heavy atom. The minimum absolute atomic E-state index is 0.157. The zero-order valence-electron chi connectivity index (χ0n) is 14.7. The molecule has 1 aliphatic rings. The van der Waals surface area contributed by atoms with Crippen LogP contribution in [0, 0.1) is 6.92 Å². The van der Waals surface area contributed by atoms with Gasteiger partial charge in [-0.2, -0.15) is 0 Å². The molecule has 1 N–H and O–H groups in total. The summed E-state index contributed by atoms with van der Waals surface area (Å²) < 4.78 is 4.62. The molecule has 0 spiro atoms. The highest BCUT2D eigenvalue weighted by Gasteiger charge is 2.36. The Morgan fingerprint density at radius 3 is 2.22 bits per heavy atom. The molecule has 3 rings (SSSR count). The molecule has 2 aromatic carbocycles. The van der Waals surface area contributed by atoms with E-state index in [0.29, 0.717) is 5.56 Å². The molecule has 1 aliphatic heterocycles. The van der Waals surface area contributed by atoms with Gasteiger partial charge >= 0.3 is 12.0 Å². The number of rotatable bonds is 3. The lowest BCUT2D eigenvalue weighted by Crippen LogP contribution is -2.54. The number of carbonyl (C=O) groups excluding carboxylic acids is 4. The van der Waals surface area contributed by atoms with Crippen molar-refractivity contribution in [3.05, 3.63) is 70.8 Å². The molecule has 0 aromatic heterocycles. The number of benzene rings is 2. The van der Waals surface area contributed by atoms with Crippen molar-refractivity contribution in [2.75, 3.05) is 12.0 Å². The zero-order chi connectivity index (χ0) is 19.6. The Hall–Kier alpha value is -3.74. The van der Waals surface area contributed by atoms with Gasteiger partial charge in [-0.05, 0) is 42.8 Å². The third-order valence-electron chi connectivity index (χ3n) is 4.04. The van der Waals surface area contributed by atoms with Crippen LogP contribution < -0.4 is 10.2 Å². The van der Waals surface area contributed by atoms with Gasteiger partial charge in [-0.1, -0.05) is 29.8 Å². The van der Waals surface area contributed by atoms with E-state index in [9.17, 15) is 19.2 Å². The summed E-state index contributed by atoms with van der Waals surface area (Å²) in [5, 5.41) is 2.16. The summed E-state index contributed by atoms with van der Waals surface area (Å²) in [5.74, 6) is -2.03. The van der Waals surface area contributed by atoms with E-state index in [-0.39, 0.29) is 16.8 Å². The maximum absolute atomic E-state index is 12.8. The lowest BCUT2D eigenvalue weighted by atomic mass is 10.1. The molecule has 27 heavy (non-hydrogen) atoms. The minimum atomic E-state index is -0.850. The summed E-state index contributed by atoms with van der Waals surface area (Å²) in [6, 6.07) is 12.1. The maximum Gasteiger partial charge on any atom is 0.337 e. The van der Waals surface area contributed by atoms with Crippen molar-refractivity contribution in [2.45, 2.75) is 6.92 Å². The fraction of sp³-hybridized carbons (Fsp3) is 0.100. The number of aryl methyl sites for hydroxylation is 1. The molecule has 0 saturated carbocycles. The van der Waals surface area contributed by atoms with Gasteiger partial charge in [-0.25, -0.2) is 14.5 Å². The van der Waals surface area contributed by atoms with Crippen molar-refractivity contribution < 1.29 is 23.9 Å². The first-order chi connectivity index (χ1) is 12.9. The van der Waals surface area contributed by atoms with E-state index < -0.39 is 23.8 Å². The molecule has 0 radical (unpaired) electrons. The number of amides is 4. The molecular formula is C20H16N2O5. The highest BCUT2D eigenvalue weighted by atomic mass is 16.5. The molecule has 4 amide bonds. The van der Waals surface area contributed by atoms with Crippen LogP contribution in [0.5, 0.6) is 0 Å². The predicted molar refractivity (Wildman–Crippen MR) is 98.0 cm³/mol. The van der Waals surface area contributed by atoms with E-state index >= 15 is 0 Å². The zero-order valence-corrected chi connectivity index (χ0v) is 14.7. The second-order valence-corrected chi connectivity index (χ2v) is 5.91. The van der Waals surface area contributed by atoms with Crippen LogP contribution in [0.3, 0.4) is 0 Å². The molecule has 7 heteroatoms. The largest absolute Gasteiger partial charge is 0.465 e. The first kappa shape index (κ1) is 18.1. The number of methoxy groups -OCH3 is 1.